The molecule has 0 amide bonds. The highest BCUT2D eigenvalue weighted by molar-refractivity contribution is 5.94. The number of carbonyl (C=O) groups excluding carboxylic acids is 1. The molecule has 0 aromatic carbocycles. The Morgan fingerprint density at radius 1 is 1.46 bits per heavy atom. The lowest BCUT2D eigenvalue weighted by atomic mass is 9.72. The number of aliphatic hydroxyl groups excluding tert-OH is 1. The number of hydrogen-bond acceptors (Lipinski definition) is 5. The third kappa shape index (κ3) is 3.66. The molecule has 0 radical (unpaired) electrons. The van der Waals surface area contributed by atoms with E-state index in [0.29, 0.717) is 29.3 Å². The lowest BCUT2D eigenvalue weighted by molar-refractivity contribution is 0.0927. The number of hydrogen-bond donors (Lipinski definition) is 1. The van der Waals surface area contributed by atoms with Gasteiger partial charge in [0.05, 0.1) is 7.11 Å². The second-order valence-electron chi connectivity index (χ2n) is 7.31. The predicted octanol–water partition coefficient (Wildman–Crippen LogP) is 3.28. The standard InChI is InChI=1S/C19H26N2O3/c1-3-13(12-22)8-17(23)16-9-15(18(24-2)21-20-16)5-4-14-10-19(11-14)6-7-19/h4-5,9,13-14,22H,3,6-8,10-12H2,1-2H3/b5-4+/t13-/m0/s1. The van der Waals surface area contributed by atoms with Gasteiger partial charge < -0.3 is 9.84 Å². The van der Waals surface area contributed by atoms with Crippen LogP contribution in [0.4, 0.5) is 0 Å². The van der Waals surface area contributed by atoms with E-state index in [9.17, 15) is 9.90 Å². The number of ether oxygens (including phenoxy) is 1. The normalized spacial score (nSPS) is 20.1. The molecule has 2 saturated carbocycles. The van der Waals surface area contributed by atoms with Gasteiger partial charge in [0.2, 0.25) is 5.88 Å². The number of aliphatic hydroxyl groups is 1. The number of ketones is 1. The number of carbonyl (C=O) groups is 1. The second-order valence-corrected chi connectivity index (χ2v) is 7.31. The van der Waals surface area contributed by atoms with Crippen LogP contribution in [0.5, 0.6) is 5.88 Å². The zero-order chi connectivity index (χ0) is 17.2. The van der Waals surface area contributed by atoms with E-state index in [2.05, 4.69) is 16.3 Å². The fourth-order valence-corrected chi connectivity index (χ4v) is 3.53. The maximum absolute atomic E-state index is 12.3. The molecule has 0 unspecified atom stereocenters. The summed E-state index contributed by atoms with van der Waals surface area (Å²) in [6.45, 7) is 1.98. The molecule has 5 heteroatoms. The molecule has 24 heavy (non-hydrogen) atoms. The van der Waals surface area contributed by atoms with E-state index in [4.69, 9.17) is 4.74 Å². The van der Waals surface area contributed by atoms with Gasteiger partial charge in [-0.25, -0.2) is 0 Å². The largest absolute Gasteiger partial charge is 0.479 e. The van der Waals surface area contributed by atoms with Crippen LogP contribution < -0.4 is 4.74 Å². The van der Waals surface area contributed by atoms with E-state index in [1.54, 1.807) is 13.2 Å². The van der Waals surface area contributed by atoms with Crippen LogP contribution in [0.3, 0.4) is 0 Å². The molecule has 130 valence electrons. The van der Waals surface area contributed by atoms with Gasteiger partial charge >= 0.3 is 0 Å². The maximum Gasteiger partial charge on any atom is 0.240 e. The van der Waals surface area contributed by atoms with Crippen molar-refractivity contribution in [1.82, 2.24) is 10.2 Å². The van der Waals surface area contributed by atoms with Crippen LogP contribution >= 0.6 is 0 Å². The van der Waals surface area contributed by atoms with Crippen LogP contribution in [0.1, 0.15) is 61.5 Å². The summed E-state index contributed by atoms with van der Waals surface area (Å²) in [7, 11) is 1.56. The number of Topliss-reactive ketones (excluding diaryl/α,β-unsaturated/α-hetero) is 1. The molecular weight excluding hydrogens is 304 g/mol. The number of methoxy groups -OCH3 is 1. The summed E-state index contributed by atoms with van der Waals surface area (Å²) in [5.41, 5.74) is 1.81. The Kier molecular flexibility index (Phi) is 4.99. The van der Waals surface area contributed by atoms with Gasteiger partial charge in [-0.05, 0) is 49.0 Å². The SMILES string of the molecule is CC[C@H](CO)CC(=O)c1cc(/C=C/C2CC3(CC3)C2)c(OC)nn1. The molecule has 2 aliphatic rings. The molecule has 2 aliphatic carbocycles. The minimum absolute atomic E-state index is 0.0159. The van der Waals surface area contributed by atoms with Gasteiger partial charge in [-0.3, -0.25) is 4.79 Å². The van der Waals surface area contributed by atoms with Crippen LogP contribution in [0.25, 0.3) is 6.08 Å². The molecule has 0 aliphatic heterocycles. The van der Waals surface area contributed by atoms with Crippen molar-refractivity contribution in [2.75, 3.05) is 13.7 Å². The molecule has 3 rings (SSSR count). The van der Waals surface area contributed by atoms with Gasteiger partial charge in [0.25, 0.3) is 0 Å². The molecular formula is C19H26N2O3. The van der Waals surface area contributed by atoms with Crippen molar-refractivity contribution in [3.63, 3.8) is 0 Å². The summed E-state index contributed by atoms with van der Waals surface area (Å²) < 4.78 is 5.26. The van der Waals surface area contributed by atoms with Gasteiger partial charge in [0, 0.05) is 18.6 Å². The Hall–Kier alpha value is -1.75. The van der Waals surface area contributed by atoms with Crippen molar-refractivity contribution in [2.24, 2.45) is 17.3 Å². The minimum Gasteiger partial charge on any atom is -0.479 e. The highest BCUT2D eigenvalue weighted by Gasteiger charge is 2.51. The van der Waals surface area contributed by atoms with E-state index >= 15 is 0 Å². The van der Waals surface area contributed by atoms with E-state index in [-0.39, 0.29) is 18.3 Å². The first kappa shape index (κ1) is 17.1. The molecule has 0 saturated heterocycles. The zero-order valence-corrected chi connectivity index (χ0v) is 14.5. The molecule has 5 nitrogen and oxygen atoms in total. The quantitative estimate of drug-likeness (QED) is 0.741. The van der Waals surface area contributed by atoms with Crippen molar-refractivity contribution in [2.45, 2.75) is 45.4 Å². The lowest BCUT2D eigenvalue weighted by Gasteiger charge is -2.33. The molecule has 1 N–H and O–H groups in total. The van der Waals surface area contributed by atoms with Crippen molar-refractivity contribution in [3.8, 4) is 5.88 Å². The third-order valence-corrected chi connectivity index (χ3v) is 5.47. The van der Waals surface area contributed by atoms with Crippen LogP contribution in [-0.4, -0.2) is 34.8 Å². The topological polar surface area (TPSA) is 72.3 Å². The number of nitrogens with zero attached hydrogens (tertiary/aromatic N) is 2. The maximum atomic E-state index is 12.3. The molecule has 2 fully saturated rings. The fraction of sp³-hybridized carbons (Fsp3) is 0.632. The first-order chi connectivity index (χ1) is 11.6. The molecule has 1 aromatic rings. The Labute approximate surface area is 143 Å². The fourth-order valence-electron chi connectivity index (χ4n) is 3.53. The Bertz CT molecular complexity index is 625. The van der Waals surface area contributed by atoms with Crippen molar-refractivity contribution >= 4 is 11.9 Å². The van der Waals surface area contributed by atoms with Crippen LogP contribution in [0, 0.1) is 17.3 Å². The van der Waals surface area contributed by atoms with Gasteiger partial charge in [0.1, 0.15) is 5.69 Å². The predicted molar refractivity (Wildman–Crippen MR) is 91.8 cm³/mol. The first-order valence-electron chi connectivity index (χ1n) is 8.83. The summed E-state index contributed by atoms with van der Waals surface area (Å²) >= 11 is 0. The van der Waals surface area contributed by atoms with E-state index in [0.717, 1.165) is 12.0 Å². The molecule has 1 aromatic heterocycles. The van der Waals surface area contributed by atoms with Crippen molar-refractivity contribution in [3.05, 3.63) is 23.4 Å². The molecule has 1 spiro atoms. The number of aromatic nitrogens is 2. The zero-order valence-electron chi connectivity index (χ0n) is 14.5. The van der Waals surface area contributed by atoms with E-state index in [1.807, 2.05) is 13.0 Å². The van der Waals surface area contributed by atoms with E-state index in [1.165, 1.54) is 25.7 Å². The summed E-state index contributed by atoms with van der Waals surface area (Å²) in [6, 6.07) is 1.75. The van der Waals surface area contributed by atoms with Gasteiger partial charge in [-0.2, -0.15) is 0 Å². The lowest BCUT2D eigenvalue weighted by Crippen LogP contribution is -2.22. The average Bonchev–Trinajstić information content (AvgIpc) is 3.37. The molecule has 0 bridgehead atoms. The third-order valence-electron chi connectivity index (χ3n) is 5.47. The first-order valence-corrected chi connectivity index (χ1v) is 8.83. The van der Waals surface area contributed by atoms with Crippen LogP contribution in [0.15, 0.2) is 12.1 Å². The van der Waals surface area contributed by atoms with E-state index < -0.39 is 0 Å². The Balaban J connectivity index is 1.70. The van der Waals surface area contributed by atoms with Gasteiger partial charge in [-0.1, -0.05) is 25.5 Å². The van der Waals surface area contributed by atoms with Crippen molar-refractivity contribution < 1.29 is 14.6 Å². The molecule has 1 atom stereocenters. The van der Waals surface area contributed by atoms with Crippen LogP contribution in [-0.2, 0) is 0 Å². The summed E-state index contributed by atoms with van der Waals surface area (Å²) in [4.78, 5) is 12.3. The Morgan fingerprint density at radius 3 is 2.79 bits per heavy atom. The Morgan fingerprint density at radius 2 is 2.21 bits per heavy atom. The summed E-state index contributed by atoms with van der Waals surface area (Å²) in [5, 5.41) is 17.3. The van der Waals surface area contributed by atoms with Crippen molar-refractivity contribution in [1.29, 1.82) is 0 Å². The highest BCUT2D eigenvalue weighted by Crippen LogP contribution is 2.63. The molecule has 1 heterocycles. The smallest absolute Gasteiger partial charge is 0.240 e. The van der Waals surface area contributed by atoms with Gasteiger partial charge in [0.15, 0.2) is 5.78 Å². The summed E-state index contributed by atoms with van der Waals surface area (Å²) in [5.74, 6) is 0.965. The second kappa shape index (κ2) is 7.01. The number of allylic oxidation sites excluding steroid dienone is 1. The average molecular weight is 330 g/mol. The van der Waals surface area contributed by atoms with Crippen LogP contribution in [0.2, 0.25) is 0 Å². The monoisotopic (exact) mass is 330 g/mol. The minimum atomic E-state index is -0.0821. The summed E-state index contributed by atoms with van der Waals surface area (Å²) in [6.07, 6.45) is 10.6. The van der Waals surface area contributed by atoms with Gasteiger partial charge in [-0.15, -0.1) is 10.2 Å². The highest BCUT2D eigenvalue weighted by atomic mass is 16.5. The number of rotatable bonds is 8.